The third kappa shape index (κ3) is 3.05. The van der Waals surface area contributed by atoms with Crippen molar-refractivity contribution in [2.75, 3.05) is 18.5 Å². The van der Waals surface area contributed by atoms with Crippen LogP contribution >= 0.6 is 11.6 Å². The van der Waals surface area contributed by atoms with E-state index < -0.39 is 10.0 Å². The van der Waals surface area contributed by atoms with Crippen molar-refractivity contribution in [3.63, 3.8) is 0 Å². The van der Waals surface area contributed by atoms with Crippen LogP contribution in [0.1, 0.15) is 11.1 Å². The fraction of sp³-hybridized carbons (Fsp3) is 0.250. The van der Waals surface area contributed by atoms with Gasteiger partial charge in [-0.3, -0.25) is 4.31 Å². The molecule has 2 aromatic carbocycles. The standard InChI is InChI=1S/C16H18ClNO3S/c1-11-5-6-13(10-15(11)17)18(3)22(19,20)14-7-8-16(21-4)12(2)9-14/h5-10H,1-4H3. The molecule has 0 aliphatic carbocycles. The van der Waals surface area contributed by atoms with Gasteiger partial charge in [-0.2, -0.15) is 0 Å². The summed E-state index contributed by atoms with van der Waals surface area (Å²) in [6.45, 7) is 3.67. The Balaban J connectivity index is 2.44. The minimum Gasteiger partial charge on any atom is -0.496 e. The molecule has 0 spiro atoms. The lowest BCUT2D eigenvalue weighted by Gasteiger charge is -2.20. The highest BCUT2D eigenvalue weighted by Gasteiger charge is 2.22. The molecule has 0 aromatic heterocycles. The van der Waals surface area contributed by atoms with Crippen LogP contribution in [0.15, 0.2) is 41.3 Å². The Morgan fingerprint density at radius 3 is 2.27 bits per heavy atom. The third-order valence-corrected chi connectivity index (χ3v) is 5.73. The SMILES string of the molecule is COc1ccc(S(=O)(=O)N(C)c2ccc(C)c(Cl)c2)cc1C. The summed E-state index contributed by atoms with van der Waals surface area (Å²) in [6, 6.07) is 9.95. The van der Waals surface area contributed by atoms with E-state index in [-0.39, 0.29) is 4.90 Å². The van der Waals surface area contributed by atoms with Crippen LogP contribution in [-0.4, -0.2) is 22.6 Å². The Hall–Kier alpha value is -1.72. The van der Waals surface area contributed by atoms with Gasteiger partial charge in [-0.15, -0.1) is 0 Å². The summed E-state index contributed by atoms with van der Waals surface area (Å²) in [5.41, 5.74) is 2.18. The van der Waals surface area contributed by atoms with Gasteiger partial charge in [-0.25, -0.2) is 8.42 Å². The number of hydrogen-bond acceptors (Lipinski definition) is 3. The number of benzene rings is 2. The average molecular weight is 340 g/mol. The van der Waals surface area contributed by atoms with Gasteiger partial charge in [0.1, 0.15) is 5.75 Å². The lowest BCUT2D eigenvalue weighted by molar-refractivity contribution is 0.411. The van der Waals surface area contributed by atoms with Gasteiger partial charge in [0.25, 0.3) is 10.0 Å². The first-order valence-electron chi connectivity index (χ1n) is 6.67. The molecule has 0 aliphatic rings. The lowest BCUT2D eigenvalue weighted by Crippen LogP contribution is -2.26. The molecule has 0 amide bonds. The zero-order valence-electron chi connectivity index (χ0n) is 12.9. The first-order valence-corrected chi connectivity index (χ1v) is 8.49. The predicted molar refractivity (Wildman–Crippen MR) is 89.5 cm³/mol. The van der Waals surface area contributed by atoms with E-state index in [1.807, 2.05) is 6.92 Å². The maximum absolute atomic E-state index is 12.7. The van der Waals surface area contributed by atoms with Crippen LogP contribution in [0.3, 0.4) is 0 Å². The number of anilines is 1. The van der Waals surface area contributed by atoms with Gasteiger partial charge < -0.3 is 4.74 Å². The van der Waals surface area contributed by atoms with Crippen LogP contribution in [0.25, 0.3) is 0 Å². The second-order valence-electron chi connectivity index (χ2n) is 5.04. The van der Waals surface area contributed by atoms with Crippen molar-refractivity contribution in [1.82, 2.24) is 0 Å². The number of sulfonamides is 1. The molecule has 118 valence electrons. The Bertz CT molecular complexity index is 803. The average Bonchev–Trinajstić information content (AvgIpc) is 2.49. The van der Waals surface area contributed by atoms with Gasteiger partial charge >= 0.3 is 0 Å². The van der Waals surface area contributed by atoms with Crippen molar-refractivity contribution >= 4 is 27.3 Å². The van der Waals surface area contributed by atoms with Gasteiger partial charge in [0.15, 0.2) is 0 Å². The largest absolute Gasteiger partial charge is 0.496 e. The molecule has 0 atom stereocenters. The molecule has 0 saturated carbocycles. The number of ether oxygens (including phenoxy) is 1. The molecule has 0 unspecified atom stereocenters. The monoisotopic (exact) mass is 339 g/mol. The van der Waals surface area contributed by atoms with Crippen LogP contribution in [0, 0.1) is 13.8 Å². The molecular weight excluding hydrogens is 322 g/mol. The molecule has 0 heterocycles. The number of halogens is 1. The normalized spacial score (nSPS) is 11.3. The van der Waals surface area contributed by atoms with Gasteiger partial charge in [-0.1, -0.05) is 17.7 Å². The van der Waals surface area contributed by atoms with Crippen LogP contribution in [0.4, 0.5) is 5.69 Å². The molecule has 0 aliphatic heterocycles. The summed E-state index contributed by atoms with van der Waals surface area (Å²) in [4.78, 5) is 0.213. The molecule has 0 bridgehead atoms. The predicted octanol–water partition coefficient (Wildman–Crippen LogP) is 3.79. The molecule has 2 aromatic rings. The minimum atomic E-state index is -3.65. The van der Waals surface area contributed by atoms with E-state index in [0.29, 0.717) is 16.5 Å². The van der Waals surface area contributed by atoms with Crippen LogP contribution in [0.2, 0.25) is 5.02 Å². The van der Waals surface area contributed by atoms with Crippen molar-refractivity contribution in [3.8, 4) is 5.75 Å². The molecule has 4 nitrogen and oxygen atoms in total. The summed E-state index contributed by atoms with van der Waals surface area (Å²) >= 11 is 6.08. The zero-order valence-corrected chi connectivity index (χ0v) is 14.5. The van der Waals surface area contributed by atoms with Crippen molar-refractivity contribution in [3.05, 3.63) is 52.5 Å². The number of nitrogens with zero attached hydrogens (tertiary/aromatic N) is 1. The summed E-state index contributed by atoms with van der Waals surface area (Å²) in [5, 5.41) is 0.533. The van der Waals surface area contributed by atoms with E-state index >= 15 is 0 Å². The Morgan fingerprint density at radius 1 is 1.05 bits per heavy atom. The molecule has 0 saturated heterocycles. The third-order valence-electron chi connectivity index (χ3n) is 3.54. The fourth-order valence-corrected chi connectivity index (χ4v) is 3.53. The summed E-state index contributed by atoms with van der Waals surface area (Å²) < 4.78 is 31.8. The summed E-state index contributed by atoms with van der Waals surface area (Å²) in [6.07, 6.45) is 0. The highest BCUT2D eigenvalue weighted by molar-refractivity contribution is 7.92. The van der Waals surface area contributed by atoms with Crippen LogP contribution in [0.5, 0.6) is 5.75 Å². The van der Waals surface area contributed by atoms with Crippen molar-refractivity contribution in [2.24, 2.45) is 0 Å². The van der Waals surface area contributed by atoms with E-state index in [2.05, 4.69) is 0 Å². The van der Waals surface area contributed by atoms with E-state index in [1.54, 1.807) is 44.4 Å². The number of hydrogen-bond donors (Lipinski definition) is 0. The first-order chi connectivity index (χ1) is 10.3. The highest BCUT2D eigenvalue weighted by Crippen LogP contribution is 2.28. The van der Waals surface area contributed by atoms with E-state index in [9.17, 15) is 8.42 Å². The molecular formula is C16H18ClNO3S. The summed E-state index contributed by atoms with van der Waals surface area (Å²) in [5.74, 6) is 0.653. The molecule has 2 rings (SSSR count). The van der Waals surface area contributed by atoms with Gasteiger partial charge in [-0.05, 0) is 55.3 Å². The fourth-order valence-electron chi connectivity index (χ4n) is 2.09. The van der Waals surface area contributed by atoms with Crippen molar-refractivity contribution in [2.45, 2.75) is 18.7 Å². The smallest absolute Gasteiger partial charge is 0.264 e. The van der Waals surface area contributed by atoms with Gasteiger partial charge in [0.05, 0.1) is 17.7 Å². The molecule has 0 radical (unpaired) electrons. The Kier molecular flexibility index (Phi) is 4.68. The first kappa shape index (κ1) is 16.6. The van der Waals surface area contributed by atoms with E-state index in [4.69, 9.17) is 16.3 Å². The van der Waals surface area contributed by atoms with Gasteiger partial charge in [0.2, 0.25) is 0 Å². The van der Waals surface area contributed by atoms with E-state index in [0.717, 1.165) is 11.1 Å². The maximum atomic E-state index is 12.7. The van der Waals surface area contributed by atoms with Crippen LogP contribution < -0.4 is 9.04 Å². The number of methoxy groups -OCH3 is 1. The second kappa shape index (κ2) is 6.18. The Morgan fingerprint density at radius 2 is 1.73 bits per heavy atom. The lowest BCUT2D eigenvalue weighted by atomic mass is 10.2. The highest BCUT2D eigenvalue weighted by atomic mass is 35.5. The Labute approximate surface area is 136 Å². The zero-order chi connectivity index (χ0) is 16.5. The molecule has 0 N–H and O–H groups in total. The maximum Gasteiger partial charge on any atom is 0.264 e. The summed E-state index contributed by atoms with van der Waals surface area (Å²) in [7, 11) is -0.588. The minimum absolute atomic E-state index is 0.213. The second-order valence-corrected chi connectivity index (χ2v) is 7.41. The topological polar surface area (TPSA) is 46.6 Å². The van der Waals surface area contributed by atoms with Crippen molar-refractivity contribution in [1.29, 1.82) is 0 Å². The van der Waals surface area contributed by atoms with Crippen molar-refractivity contribution < 1.29 is 13.2 Å². The quantitative estimate of drug-likeness (QED) is 0.851. The molecule has 22 heavy (non-hydrogen) atoms. The molecule has 0 fully saturated rings. The number of aryl methyl sites for hydroxylation is 2. The van der Waals surface area contributed by atoms with Crippen LogP contribution in [-0.2, 0) is 10.0 Å². The number of rotatable bonds is 4. The van der Waals surface area contributed by atoms with E-state index in [1.165, 1.54) is 17.4 Å². The molecule has 6 heteroatoms. The van der Waals surface area contributed by atoms with Gasteiger partial charge in [0, 0.05) is 12.1 Å².